The van der Waals surface area contributed by atoms with Gasteiger partial charge < -0.3 is 13.9 Å². The van der Waals surface area contributed by atoms with Crippen LogP contribution >= 0.6 is 11.3 Å². The number of fused-ring (bicyclic) bond motifs is 9. The molecule has 0 saturated carbocycles. The maximum absolute atomic E-state index is 6.45. The third kappa shape index (κ3) is 5.19. The fraction of sp³-hybridized carbons (Fsp3) is 0. The SMILES string of the molecule is c1ccc(-n2c3ccccc3c3ccc(N(c4ccc(-c5cccc6c5oc5ccccc56)cc4)c4cccc(-c5ccc6c(c5)sc5ccccc56)c4)cc32)cc1. The van der Waals surface area contributed by atoms with Gasteiger partial charge in [-0.05, 0) is 89.5 Å². The van der Waals surface area contributed by atoms with Crippen LogP contribution in [0.2, 0.25) is 0 Å². The number of benzene rings is 9. The van der Waals surface area contributed by atoms with Crippen molar-refractivity contribution < 1.29 is 4.42 Å². The fourth-order valence-electron chi connectivity index (χ4n) is 8.90. The van der Waals surface area contributed by atoms with Gasteiger partial charge >= 0.3 is 0 Å². The second kappa shape index (κ2) is 13.1. The average Bonchev–Trinajstić information content (AvgIpc) is 3.96. The van der Waals surface area contributed by atoms with Gasteiger partial charge in [-0.15, -0.1) is 11.3 Å². The molecular weight excluding hydrogens is 725 g/mol. The highest BCUT2D eigenvalue weighted by atomic mass is 32.1. The molecule has 3 heterocycles. The van der Waals surface area contributed by atoms with Crippen molar-refractivity contribution in [2.75, 3.05) is 4.90 Å². The van der Waals surface area contributed by atoms with Gasteiger partial charge in [0.25, 0.3) is 0 Å². The molecule has 12 aromatic rings. The van der Waals surface area contributed by atoms with Gasteiger partial charge in [-0.1, -0.05) is 133 Å². The predicted molar refractivity (Wildman–Crippen MR) is 247 cm³/mol. The van der Waals surface area contributed by atoms with Crippen molar-refractivity contribution in [2.24, 2.45) is 0 Å². The Labute approximate surface area is 338 Å². The number of anilines is 3. The topological polar surface area (TPSA) is 21.3 Å². The summed E-state index contributed by atoms with van der Waals surface area (Å²) in [5.74, 6) is 0. The molecule has 0 radical (unpaired) electrons. The lowest BCUT2D eigenvalue weighted by molar-refractivity contribution is 0.670. The number of thiophene rings is 1. The van der Waals surface area contributed by atoms with Crippen LogP contribution < -0.4 is 4.90 Å². The van der Waals surface area contributed by atoms with E-state index in [9.17, 15) is 0 Å². The molecule has 0 aliphatic heterocycles. The summed E-state index contributed by atoms with van der Waals surface area (Å²) in [5.41, 5.74) is 13.1. The highest BCUT2D eigenvalue weighted by Gasteiger charge is 2.19. The summed E-state index contributed by atoms with van der Waals surface area (Å²) >= 11 is 1.86. The van der Waals surface area contributed by atoms with Crippen molar-refractivity contribution in [3.63, 3.8) is 0 Å². The Morgan fingerprint density at radius 2 is 1.02 bits per heavy atom. The standard InChI is InChI=1S/C54H34N2OS/c1-2-13-38(14-3-1)56-49-21-7-4-16-43(49)44-31-29-41(34-50(44)56)55(39-27-24-35(25-28-39)42-19-11-20-48-45-17-5-8-22-51(45)57-54(42)48)40-15-10-12-36(32-40)37-26-30-47-46-18-6-9-23-52(46)58-53(47)33-37/h1-34H. The van der Waals surface area contributed by atoms with Crippen LogP contribution in [0, 0.1) is 0 Å². The summed E-state index contributed by atoms with van der Waals surface area (Å²) in [4.78, 5) is 2.39. The van der Waals surface area contributed by atoms with E-state index >= 15 is 0 Å². The molecule has 0 aliphatic rings. The van der Waals surface area contributed by atoms with Crippen LogP contribution in [0.4, 0.5) is 17.1 Å². The van der Waals surface area contributed by atoms with Crippen molar-refractivity contribution in [3.8, 4) is 27.9 Å². The largest absolute Gasteiger partial charge is 0.455 e. The monoisotopic (exact) mass is 758 g/mol. The third-order valence-electron chi connectivity index (χ3n) is 11.6. The van der Waals surface area contributed by atoms with Gasteiger partial charge in [0, 0.05) is 70.0 Å². The quantitative estimate of drug-likeness (QED) is 0.168. The Hall–Kier alpha value is -7.40. The van der Waals surface area contributed by atoms with E-state index in [1.807, 2.05) is 23.5 Å². The maximum atomic E-state index is 6.45. The Morgan fingerprint density at radius 1 is 0.379 bits per heavy atom. The van der Waals surface area contributed by atoms with E-state index in [0.29, 0.717) is 0 Å². The van der Waals surface area contributed by atoms with E-state index in [0.717, 1.165) is 61.3 Å². The van der Waals surface area contributed by atoms with E-state index < -0.39 is 0 Å². The summed E-state index contributed by atoms with van der Waals surface area (Å²) in [5, 5.41) is 7.35. The van der Waals surface area contributed by atoms with E-state index in [4.69, 9.17) is 4.42 Å². The van der Waals surface area contributed by atoms with Crippen molar-refractivity contribution in [2.45, 2.75) is 0 Å². The smallest absolute Gasteiger partial charge is 0.143 e. The molecule has 0 atom stereocenters. The van der Waals surface area contributed by atoms with E-state index in [1.165, 1.54) is 47.6 Å². The normalized spacial score (nSPS) is 11.8. The zero-order valence-electron chi connectivity index (χ0n) is 31.3. The molecule has 0 unspecified atom stereocenters. The summed E-state index contributed by atoms with van der Waals surface area (Å²) in [6, 6.07) is 74.5. The molecule has 3 nitrogen and oxygen atoms in total. The first kappa shape index (κ1) is 32.8. The van der Waals surface area contributed by atoms with Crippen molar-refractivity contribution in [1.82, 2.24) is 4.57 Å². The lowest BCUT2D eigenvalue weighted by atomic mass is 10.0. The average molecular weight is 759 g/mol. The highest BCUT2D eigenvalue weighted by molar-refractivity contribution is 7.25. The molecule has 0 bridgehead atoms. The predicted octanol–water partition coefficient (Wildman–Crippen LogP) is 15.9. The number of hydrogen-bond donors (Lipinski definition) is 0. The van der Waals surface area contributed by atoms with Gasteiger partial charge in [0.15, 0.2) is 0 Å². The minimum Gasteiger partial charge on any atom is -0.455 e. The number of aromatic nitrogens is 1. The van der Waals surface area contributed by atoms with E-state index in [1.54, 1.807) is 0 Å². The molecule has 3 aromatic heterocycles. The zero-order chi connectivity index (χ0) is 38.2. The first-order chi connectivity index (χ1) is 28.7. The summed E-state index contributed by atoms with van der Waals surface area (Å²) in [6.07, 6.45) is 0. The van der Waals surface area contributed by atoms with Gasteiger partial charge in [0.2, 0.25) is 0 Å². The van der Waals surface area contributed by atoms with E-state index in [-0.39, 0.29) is 0 Å². The number of para-hydroxylation sites is 4. The number of rotatable bonds is 6. The Balaban J connectivity index is 1.03. The zero-order valence-corrected chi connectivity index (χ0v) is 32.2. The second-order valence-electron chi connectivity index (χ2n) is 14.9. The molecule has 9 aromatic carbocycles. The Bertz CT molecular complexity index is 3520. The molecule has 58 heavy (non-hydrogen) atoms. The third-order valence-corrected chi connectivity index (χ3v) is 12.7. The summed E-state index contributed by atoms with van der Waals surface area (Å²) < 4.78 is 11.5. The Morgan fingerprint density at radius 3 is 1.91 bits per heavy atom. The van der Waals surface area contributed by atoms with Gasteiger partial charge in [-0.2, -0.15) is 0 Å². The number of hydrogen-bond acceptors (Lipinski definition) is 3. The minimum absolute atomic E-state index is 0.905. The van der Waals surface area contributed by atoms with Gasteiger partial charge in [0.1, 0.15) is 11.2 Å². The minimum atomic E-state index is 0.905. The molecule has 0 amide bonds. The molecule has 4 heteroatoms. The molecule has 0 saturated heterocycles. The lowest BCUT2D eigenvalue weighted by Gasteiger charge is -2.26. The van der Waals surface area contributed by atoms with E-state index in [2.05, 4.69) is 204 Å². The van der Waals surface area contributed by atoms with Crippen molar-refractivity contribution >= 4 is 92.3 Å². The lowest BCUT2D eigenvalue weighted by Crippen LogP contribution is -2.10. The molecule has 0 spiro atoms. The van der Waals surface area contributed by atoms with Crippen molar-refractivity contribution in [3.05, 3.63) is 206 Å². The molecular formula is C54H34N2OS. The number of furan rings is 1. The molecule has 0 aliphatic carbocycles. The van der Waals surface area contributed by atoms with Crippen LogP contribution in [0.1, 0.15) is 0 Å². The molecule has 0 fully saturated rings. The molecule has 272 valence electrons. The van der Waals surface area contributed by atoms with Gasteiger partial charge in [-0.25, -0.2) is 0 Å². The first-order valence-electron chi connectivity index (χ1n) is 19.7. The fourth-order valence-corrected chi connectivity index (χ4v) is 10.0. The number of nitrogens with zero attached hydrogens (tertiary/aromatic N) is 2. The maximum Gasteiger partial charge on any atom is 0.143 e. The second-order valence-corrected chi connectivity index (χ2v) is 16.0. The Kier molecular flexibility index (Phi) is 7.40. The first-order valence-corrected chi connectivity index (χ1v) is 20.5. The summed E-state index contributed by atoms with van der Waals surface area (Å²) in [6.45, 7) is 0. The van der Waals surface area contributed by atoms with Crippen LogP contribution in [0.3, 0.4) is 0 Å². The summed E-state index contributed by atoms with van der Waals surface area (Å²) in [7, 11) is 0. The molecule has 12 rings (SSSR count). The van der Waals surface area contributed by atoms with Gasteiger partial charge in [0.05, 0.1) is 11.0 Å². The molecule has 0 N–H and O–H groups in total. The van der Waals surface area contributed by atoms with Crippen LogP contribution in [0.5, 0.6) is 0 Å². The van der Waals surface area contributed by atoms with Gasteiger partial charge in [-0.3, -0.25) is 0 Å². The van der Waals surface area contributed by atoms with Crippen LogP contribution in [-0.4, -0.2) is 4.57 Å². The van der Waals surface area contributed by atoms with Crippen LogP contribution in [-0.2, 0) is 0 Å². The van der Waals surface area contributed by atoms with Crippen LogP contribution in [0.25, 0.3) is 91.9 Å². The van der Waals surface area contributed by atoms with Crippen LogP contribution in [0.15, 0.2) is 211 Å². The van der Waals surface area contributed by atoms with Crippen molar-refractivity contribution in [1.29, 1.82) is 0 Å². The highest BCUT2D eigenvalue weighted by Crippen LogP contribution is 2.43.